The first-order chi connectivity index (χ1) is 14.8. The van der Waals surface area contributed by atoms with Gasteiger partial charge in [-0.1, -0.05) is 45.7 Å². The van der Waals surface area contributed by atoms with E-state index in [9.17, 15) is 9.59 Å². The topological polar surface area (TPSA) is 52.6 Å². The predicted octanol–water partition coefficient (Wildman–Crippen LogP) is 6.83. The molecule has 1 aliphatic carbocycles. The maximum Gasteiger partial charge on any atom is 0.343 e. The maximum atomic E-state index is 12.0. The predicted molar refractivity (Wildman–Crippen MR) is 125 cm³/mol. The lowest BCUT2D eigenvalue weighted by Gasteiger charge is -2.23. The minimum Gasteiger partial charge on any atom is -0.497 e. The van der Waals surface area contributed by atoms with Crippen molar-refractivity contribution in [3.63, 3.8) is 0 Å². The molecule has 4 nitrogen and oxygen atoms in total. The minimum atomic E-state index is -0.367. The van der Waals surface area contributed by atoms with E-state index in [1.807, 2.05) is 24.3 Å². The maximum absolute atomic E-state index is 12.0. The van der Waals surface area contributed by atoms with Gasteiger partial charge in [0.1, 0.15) is 17.3 Å². The zero-order chi connectivity index (χ0) is 22.8. The number of carbonyl (C=O) groups excluding carboxylic acids is 2. The number of hydrogen-bond donors (Lipinski definition) is 0. The van der Waals surface area contributed by atoms with Crippen molar-refractivity contribution in [3.8, 4) is 11.5 Å². The molecule has 1 fully saturated rings. The van der Waals surface area contributed by atoms with E-state index in [0.717, 1.165) is 25.2 Å². The molecule has 4 heteroatoms. The molecule has 1 saturated carbocycles. The van der Waals surface area contributed by atoms with E-state index in [4.69, 9.17) is 9.47 Å². The fourth-order valence-corrected chi connectivity index (χ4v) is 3.66. The van der Waals surface area contributed by atoms with Gasteiger partial charge in [0.25, 0.3) is 0 Å². The number of ketones is 1. The highest BCUT2D eigenvalue weighted by Crippen LogP contribution is 2.28. The molecular formula is C27H36O4. The van der Waals surface area contributed by atoms with E-state index in [1.165, 1.54) is 18.4 Å². The second-order valence-electron chi connectivity index (χ2n) is 8.56. The van der Waals surface area contributed by atoms with Crippen molar-refractivity contribution in [2.75, 3.05) is 7.11 Å². The molecule has 1 atom stereocenters. The molecule has 0 spiro atoms. The summed E-state index contributed by atoms with van der Waals surface area (Å²) >= 11 is 0. The smallest absolute Gasteiger partial charge is 0.343 e. The third kappa shape index (κ3) is 7.86. The lowest BCUT2D eigenvalue weighted by molar-refractivity contribution is -0.121. The van der Waals surface area contributed by atoms with Crippen LogP contribution in [0.15, 0.2) is 48.5 Å². The highest BCUT2D eigenvalue weighted by atomic mass is 16.5. The Bertz CT molecular complexity index is 815. The molecule has 1 unspecified atom stereocenters. The van der Waals surface area contributed by atoms with Crippen molar-refractivity contribution in [1.82, 2.24) is 0 Å². The van der Waals surface area contributed by atoms with Gasteiger partial charge in [-0.05, 0) is 80.0 Å². The van der Waals surface area contributed by atoms with Crippen LogP contribution in [0.3, 0.4) is 0 Å². The van der Waals surface area contributed by atoms with Crippen LogP contribution in [0.2, 0.25) is 0 Å². The normalized spacial score (nSPS) is 18.9. The number of methoxy groups -OCH3 is 1. The highest BCUT2D eigenvalue weighted by molar-refractivity contribution is 5.91. The SMILES string of the molecule is CC(=O)C1CCC(C)CC1.CCC(C)c1ccc(OC(=O)c2ccc(OC)cc2)cc1. The molecule has 2 aromatic carbocycles. The summed E-state index contributed by atoms with van der Waals surface area (Å²) in [5.74, 6) is 3.07. The summed E-state index contributed by atoms with van der Waals surface area (Å²) in [5.41, 5.74) is 1.75. The Morgan fingerprint density at radius 1 is 0.935 bits per heavy atom. The van der Waals surface area contributed by atoms with Gasteiger partial charge in [0.2, 0.25) is 0 Å². The van der Waals surface area contributed by atoms with Gasteiger partial charge in [-0.15, -0.1) is 0 Å². The second-order valence-corrected chi connectivity index (χ2v) is 8.56. The third-order valence-corrected chi connectivity index (χ3v) is 6.19. The Morgan fingerprint density at radius 2 is 1.48 bits per heavy atom. The first kappa shape index (κ1) is 24.6. The van der Waals surface area contributed by atoms with Crippen LogP contribution in [0.5, 0.6) is 11.5 Å². The molecule has 3 rings (SSSR count). The van der Waals surface area contributed by atoms with Gasteiger partial charge < -0.3 is 9.47 Å². The number of ether oxygens (including phenoxy) is 2. The van der Waals surface area contributed by atoms with E-state index < -0.39 is 0 Å². The van der Waals surface area contributed by atoms with Crippen molar-refractivity contribution in [2.45, 2.75) is 65.7 Å². The zero-order valence-corrected chi connectivity index (χ0v) is 19.5. The molecule has 168 valence electrons. The summed E-state index contributed by atoms with van der Waals surface area (Å²) in [6.45, 7) is 8.33. The number of Topliss-reactive ketones (excluding diaryl/α,β-unsaturated/α-hetero) is 1. The zero-order valence-electron chi connectivity index (χ0n) is 19.5. The molecule has 0 saturated heterocycles. The van der Waals surface area contributed by atoms with Crippen molar-refractivity contribution in [2.24, 2.45) is 11.8 Å². The van der Waals surface area contributed by atoms with E-state index in [2.05, 4.69) is 20.8 Å². The molecule has 0 aliphatic heterocycles. The summed E-state index contributed by atoms with van der Waals surface area (Å²) in [5, 5.41) is 0. The van der Waals surface area contributed by atoms with Gasteiger partial charge in [-0.3, -0.25) is 4.79 Å². The Kier molecular flexibility index (Phi) is 9.77. The van der Waals surface area contributed by atoms with Crippen LogP contribution in [-0.2, 0) is 4.79 Å². The van der Waals surface area contributed by atoms with Gasteiger partial charge in [0.05, 0.1) is 12.7 Å². The van der Waals surface area contributed by atoms with Gasteiger partial charge in [0.15, 0.2) is 0 Å². The standard InChI is InChI=1S/C18H20O3.C9H16O/c1-4-13(2)14-5-11-17(12-6-14)21-18(19)15-7-9-16(20-3)10-8-15;1-7-3-5-9(6-4-7)8(2)10/h5-13H,4H2,1-3H3;7,9H,3-6H2,1-2H3. The Morgan fingerprint density at radius 3 is 1.97 bits per heavy atom. The van der Waals surface area contributed by atoms with Crippen LogP contribution in [0.4, 0.5) is 0 Å². The lowest BCUT2D eigenvalue weighted by Crippen LogP contribution is -2.18. The Balaban J connectivity index is 0.000000285. The number of carbonyl (C=O) groups is 2. The molecule has 0 amide bonds. The fraction of sp³-hybridized carbons (Fsp3) is 0.481. The molecule has 1 aliphatic rings. The monoisotopic (exact) mass is 424 g/mol. The summed E-state index contributed by atoms with van der Waals surface area (Å²) in [6.07, 6.45) is 5.87. The Hall–Kier alpha value is -2.62. The molecule has 0 heterocycles. The first-order valence-corrected chi connectivity index (χ1v) is 11.3. The van der Waals surface area contributed by atoms with E-state index in [1.54, 1.807) is 38.3 Å². The highest BCUT2D eigenvalue weighted by Gasteiger charge is 2.20. The van der Waals surface area contributed by atoms with Crippen LogP contribution in [0, 0.1) is 11.8 Å². The average molecular weight is 425 g/mol. The summed E-state index contributed by atoms with van der Waals surface area (Å²) in [7, 11) is 1.59. The molecular weight excluding hydrogens is 388 g/mol. The average Bonchev–Trinajstić information content (AvgIpc) is 2.79. The van der Waals surface area contributed by atoms with Gasteiger partial charge >= 0.3 is 5.97 Å². The molecule has 0 aromatic heterocycles. The largest absolute Gasteiger partial charge is 0.497 e. The van der Waals surface area contributed by atoms with Crippen LogP contribution in [0.25, 0.3) is 0 Å². The van der Waals surface area contributed by atoms with Crippen molar-refractivity contribution in [3.05, 3.63) is 59.7 Å². The molecule has 0 N–H and O–H groups in total. The van der Waals surface area contributed by atoms with Gasteiger partial charge in [-0.2, -0.15) is 0 Å². The fourth-order valence-electron chi connectivity index (χ4n) is 3.66. The molecule has 0 radical (unpaired) electrons. The minimum absolute atomic E-state index is 0.367. The third-order valence-electron chi connectivity index (χ3n) is 6.19. The van der Waals surface area contributed by atoms with Gasteiger partial charge in [-0.25, -0.2) is 4.79 Å². The number of esters is 1. The first-order valence-electron chi connectivity index (χ1n) is 11.3. The van der Waals surface area contributed by atoms with Crippen molar-refractivity contribution in [1.29, 1.82) is 0 Å². The quantitative estimate of drug-likeness (QED) is 0.377. The summed E-state index contributed by atoms with van der Waals surface area (Å²) < 4.78 is 10.4. The van der Waals surface area contributed by atoms with Crippen LogP contribution in [-0.4, -0.2) is 18.9 Å². The van der Waals surface area contributed by atoms with E-state index in [0.29, 0.717) is 34.7 Å². The number of rotatable bonds is 6. The van der Waals surface area contributed by atoms with Crippen LogP contribution >= 0.6 is 0 Å². The van der Waals surface area contributed by atoms with E-state index in [-0.39, 0.29) is 5.97 Å². The summed E-state index contributed by atoms with van der Waals surface area (Å²) in [6, 6.07) is 14.5. The molecule has 0 bridgehead atoms. The number of benzene rings is 2. The lowest BCUT2D eigenvalue weighted by atomic mass is 9.81. The van der Waals surface area contributed by atoms with Crippen LogP contribution < -0.4 is 9.47 Å². The Labute approximate surface area is 187 Å². The van der Waals surface area contributed by atoms with Crippen LogP contribution in [0.1, 0.15) is 81.6 Å². The second kappa shape index (κ2) is 12.3. The molecule has 31 heavy (non-hydrogen) atoms. The molecule has 2 aromatic rings. The summed E-state index contributed by atoms with van der Waals surface area (Å²) in [4.78, 5) is 22.9. The number of hydrogen-bond acceptors (Lipinski definition) is 4. The van der Waals surface area contributed by atoms with Crippen molar-refractivity contribution < 1.29 is 19.1 Å². The van der Waals surface area contributed by atoms with Crippen molar-refractivity contribution >= 4 is 11.8 Å². The van der Waals surface area contributed by atoms with Gasteiger partial charge in [0, 0.05) is 5.92 Å². The van der Waals surface area contributed by atoms with E-state index >= 15 is 0 Å².